The number of benzene rings is 4. The van der Waals surface area contributed by atoms with Gasteiger partial charge in [-0.3, -0.25) is 0 Å². The summed E-state index contributed by atoms with van der Waals surface area (Å²) in [4.78, 5) is 0. The molecule has 0 aliphatic heterocycles. The maximum absolute atomic E-state index is 5.37. The molecular weight excluding hydrogens is 564 g/mol. The van der Waals surface area contributed by atoms with Crippen molar-refractivity contribution in [2.24, 2.45) is 0 Å². The summed E-state index contributed by atoms with van der Waals surface area (Å²) in [5.74, 6) is 1.69. The third kappa shape index (κ3) is 6.74. The van der Waals surface area contributed by atoms with E-state index in [0.29, 0.717) is 0 Å². The normalized spacial score (nSPS) is 11.1. The van der Waals surface area contributed by atoms with Crippen LogP contribution in [0, 0.1) is 0 Å². The molecular formula is C31H26Br2O2. The van der Waals surface area contributed by atoms with Gasteiger partial charge in [0.1, 0.15) is 11.5 Å². The summed E-state index contributed by atoms with van der Waals surface area (Å²) >= 11 is 7.12. The fourth-order valence-corrected chi connectivity index (χ4v) is 4.37. The van der Waals surface area contributed by atoms with E-state index >= 15 is 0 Å². The predicted molar refractivity (Wildman–Crippen MR) is 154 cm³/mol. The second kappa shape index (κ2) is 12.1. The second-order valence-electron chi connectivity index (χ2n) is 8.01. The molecule has 0 aliphatic rings. The Hall–Kier alpha value is -3.08. The predicted octanol–water partition coefficient (Wildman–Crippen LogP) is 9.29. The van der Waals surface area contributed by atoms with E-state index in [-0.39, 0.29) is 0 Å². The van der Waals surface area contributed by atoms with E-state index in [1.165, 1.54) is 22.3 Å². The van der Waals surface area contributed by atoms with Gasteiger partial charge in [-0.1, -0.05) is 92.5 Å². The summed E-state index contributed by atoms with van der Waals surface area (Å²) in [7, 11) is 3.37. The zero-order valence-electron chi connectivity index (χ0n) is 19.7. The minimum Gasteiger partial charge on any atom is -0.497 e. The Kier molecular flexibility index (Phi) is 8.62. The molecule has 4 aromatic rings. The fourth-order valence-electron chi connectivity index (χ4n) is 3.84. The molecule has 0 unspecified atom stereocenters. The first-order valence-electron chi connectivity index (χ1n) is 11.3. The largest absolute Gasteiger partial charge is 0.497 e. The Morgan fingerprint density at radius 2 is 1.03 bits per heavy atom. The zero-order chi connectivity index (χ0) is 24.6. The number of ether oxygens (including phenoxy) is 2. The van der Waals surface area contributed by atoms with Crippen molar-refractivity contribution in [3.63, 3.8) is 0 Å². The standard InChI is InChI=1S/C31H26Br2O2/c1-34-29-16-3-22(4-17-29)21-26(23-9-18-30(35-2)19-10-23)11-20-31(24-5-12-27(32)13-6-24)25-7-14-28(33)15-8-25/h3-10,12-21H,11H2,1-2H3/b26-21-. The number of hydrogen-bond acceptors (Lipinski definition) is 2. The van der Waals surface area contributed by atoms with Crippen molar-refractivity contribution in [1.29, 1.82) is 0 Å². The number of allylic oxidation sites excluding steroid dienone is 2. The molecule has 2 nitrogen and oxygen atoms in total. The highest BCUT2D eigenvalue weighted by Gasteiger charge is 2.08. The van der Waals surface area contributed by atoms with Gasteiger partial charge in [-0.25, -0.2) is 0 Å². The third-order valence-corrected chi connectivity index (χ3v) is 6.81. The average molecular weight is 590 g/mol. The van der Waals surface area contributed by atoms with Crippen molar-refractivity contribution < 1.29 is 9.47 Å². The summed E-state index contributed by atoms with van der Waals surface area (Å²) in [5, 5.41) is 0. The first kappa shape index (κ1) is 25.0. The number of methoxy groups -OCH3 is 2. The van der Waals surface area contributed by atoms with E-state index in [1.54, 1.807) is 14.2 Å². The van der Waals surface area contributed by atoms with Crippen LogP contribution in [0.25, 0.3) is 17.2 Å². The van der Waals surface area contributed by atoms with Gasteiger partial charge in [0.2, 0.25) is 0 Å². The van der Waals surface area contributed by atoms with Gasteiger partial charge >= 0.3 is 0 Å². The highest BCUT2D eigenvalue weighted by Crippen LogP contribution is 2.31. The van der Waals surface area contributed by atoms with E-state index in [0.717, 1.165) is 38.0 Å². The lowest BCUT2D eigenvalue weighted by molar-refractivity contribution is 0.414. The fraction of sp³-hybridized carbons (Fsp3) is 0.0968. The Morgan fingerprint density at radius 3 is 1.49 bits per heavy atom. The first-order chi connectivity index (χ1) is 17.1. The van der Waals surface area contributed by atoms with E-state index in [9.17, 15) is 0 Å². The number of hydrogen-bond donors (Lipinski definition) is 0. The van der Waals surface area contributed by atoms with Crippen LogP contribution in [-0.4, -0.2) is 14.2 Å². The summed E-state index contributed by atoms with van der Waals surface area (Å²) in [6, 6.07) is 33.3. The van der Waals surface area contributed by atoms with Crippen molar-refractivity contribution in [2.75, 3.05) is 14.2 Å². The lowest BCUT2D eigenvalue weighted by atomic mass is 9.93. The maximum Gasteiger partial charge on any atom is 0.118 e. The molecule has 0 aliphatic carbocycles. The summed E-state index contributed by atoms with van der Waals surface area (Å²) < 4.78 is 12.8. The Morgan fingerprint density at radius 1 is 0.600 bits per heavy atom. The molecule has 0 radical (unpaired) electrons. The molecule has 0 saturated carbocycles. The van der Waals surface area contributed by atoms with Gasteiger partial charge in [-0.15, -0.1) is 0 Å². The molecule has 0 saturated heterocycles. The zero-order valence-corrected chi connectivity index (χ0v) is 22.8. The van der Waals surface area contributed by atoms with Crippen LogP contribution in [-0.2, 0) is 0 Å². The molecule has 176 valence electrons. The molecule has 0 aromatic heterocycles. The molecule has 0 bridgehead atoms. The van der Waals surface area contributed by atoms with E-state index in [1.807, 2.05) is 24.3 Å². The van der Waals surface area contributed by atoms with Gasteiger partial charge in [0.15, 0.2) is 0 Å². The summed E-state index contributed by atoms with van der Waals surface area (Å²) in [6.45, 7) is 0. The minimum atomic E-state index is 0.764. The van der Waals surface area contributed by atoms with E-state index < -0.39 is 0 Å². The first-order valence-corrected chi connectivity index (χ1v) is 12.9. The molecule has 0 atom stereocenters. The summed E-state index contributed by atoms with van der Waals surface area (Å²) in [6.07, 6.45) is 5.31. The van der Waals surface area contributed by atoms with Crippen molar-refractivity contribution >= 4 is 49.1 Å². The average Bonchev–Trinajstić information content (AvgIpc) is 2.90. The SMILES string of the molecule is COc1ccc(/C=C(/CC=C(c2ccc(Br)cc2)c2ccc(Br)cc2)c2ccc(OC)cc2)cc1. The van der Waals surface area contributed by atoms with Gasteiger partial charge in [0.05, 0.1) is 14.2 Å². The van der Waals surface area contributed by atoms with Gasteiger partial charge < -0.3 is 9.47 Å². The van der Waals surface area contributed by atoms with Crippen LogP contribution in [0.15, 0.2) is 112 Å². The highest BCUT2D eigenvalue weighted by atomic mass is 79.9. The molecule has 4 heteroatoms. The minimum absolute atomic E-state index is 0.764. The quantitative estimate of drug-likeness (QED) is 0.191. The molecule has 0 fully saturated rings. The molecule has 0 heterocycles. The Bertz CT molecular complexity index is 1260. The van der Waals surface area contributed by atoms with Crippen LogP contribution in [0.5, 0.6) is 11.5 Å². The molecule has 0 N–H and O–H groups in total. The van der Waals surface area contributed by atoms with E-state index in [2.05, 4.69) is 117 Å². The van der Waals surface area contributed by atoms with Crippen molar-refractivity contribution in [1.82, 2.24) is 0 Å². The van der Waals surface area contributed by atoms with E-state index in [4.69, 9.17) is 9.47 Å². The van der Waals surface area contributed by atoms with Crippen LogP contribution >= 0.6 is 31.9 Å². The van der Waals surface area contributed by atoms with Gasteiger partial charge in [0.25, 0.3) is 0 Å². The Balaban J connectivity index is 1.76. The van der Waals surface area contributed by atoms with Gasteiger partial charge in [-0.2, -0.15) is 0 Å². The molecule has 35 heavy (non-hydrogen) atoms. The van der Waals surface area contributed by atoms with Crippen LogP contribution in [0.2, 0.25) is 0 Å². The van der Waals surface area contributed by atoms with Crippen LogP contribution in [0.1, 0.15) is 28.7 Å². The molecule has 4 aromatic carbocycles. The van der Waals surface area contributed by atoms with Crippen LogP contribution < -0.4 is 9.47 Å². The van der Waals surface area contributed by atoms with Crippen molar-refractivity contribution in [3.8, 4) is 11.5 Å². The highest BCUT2D eigenvalue weighted by molar-refractivity contribution is 9.10. The maximum atomic E-state index is 5.37. The molecule has 0 spiro atoms. The molecule has 0 amide bonds. The van der Waals surface area contributed by atoms with Gasteiger partial charge in [-0.05, 0) is 88.4 Å². The number of rotatable bonds is 8. The third-order valence-electron chi connectivity index (χ3n) is 5.75. The second-order valence-corrected chi connectivity index (χ2v) is 9.84. The smallest absolute Gasteiger partial charge is 0.118 e. The van der Waals surface area contributed by atoms with Crippen molar-refractivity contribution in [3.05, 3.63) is 134 Å². The lowest BCUT2D eigenvalue weighted by Gasteiger charge is -2.12. The number of halogens is 2. The monoisotopic (exact) mass is 588 g/mol. The van der Waals surface area contributed by atoms with Gasteiger partial charge in [0, 0.05) is 8.95 Å². The van der Waals surface area contributed by atoms with Crippen molar-refractivity contribution in [2.45, 2.75) is 6.42 Å². The van der Waals surface area contributed by atoms with Crippen LogP contribution in [0.3, 0.4) is 0 Å². The lowest BCUT2D eigenvalue weighted by Crippen LogP contribution is -1.91. The molecule has 4 rings (SSSR count). The Labute approximate surface area is 224 Å². The van der Waals surface area contributed by atoms with Crippen LogP contribution in [0.4, 0.5) is 0 Å². The summed E-state index contributed by atoms with van der Waals surface area (Å²) in [5.41, 5.74) is 7.04. The topological polar surface area (TPSA) is 18.5 Å².